The number of H-pyrrole nitrogens is 1. The van der Waals surface area contributed by atoms with E-state index in [1.807, 2.05) is 48.5 Å². The number of carbonyl (C=O) groups excluding carboxylic acids is 1. The highest BCUT2D eigenvalue weighted by molar-refractivity contribution is 7.99. The molecule has 12 heteroatoms. The molecule has 2 heterocycles. The topological polar surface area (TPSA) is 109 Å². The first-order chi connectivity index (χ1) is 16.8. The molecule has 1 fully saturated rings. The maximum atomic E-state index is 11.8. The van der Waals surface area contributed by atoms with E-state index in [1.54, 1.807) is 0 Å². The molecule has 4 rings (SSSR count). The number of aromatic amines is 1. The predicted molar refractivity (Wildman–Crippen MR) is 134 cm³/mol. The monoisotopic (exact) mass is 556 g/mol. The Morgan fingerprint density at radius 3 is 2.40 bits per heavy atom. The van der Waals surface area contributed by atoms with Crippen LogP contribution in [0, 0.1) is 0 Å². The fraction of sp³-hybridized carbons (Fsp3) is 0.348. The summed E-state index contributed by atoms with van der Waals surface area (Å²) in [5.41, 5.74) is 3.52. The van der Waals surface area contributed by atoms with Gasteiger partial charge in [0.1, 0.15) is 6.33 Å². The molecule has 1 aliphatic heterocycles. The van der Waals surface area contributed by atoms with Crippen molar-refractivity contribution in [2.75, 3.05) is 5.75 Å². The lowest BCUT2D eigenvalue weighted by Gasteiger charge is -2.36. The van der Waals surface area contributed by atoms with Crippen LogP contribution in [-0.2, 0) is 27.4 Å². The third kappa shape index (κ3) is 7.33. The van der Waals surface area contributed by atoms with E-state index in [4.69, 9.17) is 44.3 Å². The molecule has 3 aromatic rings. The molecule has 0 saturated carbocycles. The normalized spacial score (nSPS) is 20.5. The van der Waals surface area contributed by atoms with Gasteiger partial charge in [0, 0.05) is 24.3 Å². The van der Waals surface area contributed by atoms with Crippen LogP contribution in [0.4, 0.5) is 0 Å². The number of hydrogen-bond donors (Lipinski definition) is 3. The molecule has 3 atom stereocenters. The van der Waals surface area contributed by atoms with Crippen molar-refractivity contribution in [2.24, 2.45) is 0 Å². The number of halogens is 3. The van der Waals surface area contributed by atoms with Crippen LogP contribution < -0.4 is 5.32 Å². The zero-order valence-corrected chi connectivity index (χ0v) is 21.4. The number of nitrogens with zero attached hydrogens (tertiary/aromatic N) is 2. The maximum absolute atomic E-state index is 11.8. The molecule has 2 aromatic carbocycles. The van der Waals surface area contributed by atoms with Gasteiger partial charge in [0.2, 0.25) is 0 Å². The molecule has 1 amide bonds. The summed E-state index contributed by atoms with van der Waals surface area (Å²) in [5.74, 6) is -0.0193. The average molecular weight is 558 g/mol. The van der Waals surface area contributed by atoms with Crippen molar-refractivity contribution in [3.8, 4) is 0 Å². The van der Waals surface area contributed by atoms with Gasteiger partial charge in [0.15, 0.2) is 11.4 Å². The Hall–Kier alpha value is -1.85. The number of aromatic nitrogens is 3. The van der Waals surface area contributed by atoms with E-state index >= 15 is 0 Å². The Morgan fingerprint density at radius 1 is 1.09 bits per heavy atom. The Balaban J connectivity index is 1.46. The Labute approximate surface area is 221 Å². The second-order valence-corrected chi connectivity index (χ2v) is 11.2. The third-order valence-corrected chi connectivity index (χ3v) is 6.90. The van der Waals surface area contributed by atoms with Gasteiger partial charge in [-0.1, -0.05) is 95.1 Å². The summed E-state index contributed by atoms with van der Waals surface area (Å²) in [5, 5.41) is 19.4. The number of alkyl halides is 3. The maximum Gasteiger partial charge on any atom is 0.272 e. The molecular formula is C23H23Cl3N4O4S. The number of rotatable bonds is 8. The minimum absolute atomic E-state index is 0.0115. The first kappa shape index (κ1) is 26.2. The molecule has 1 saturated heterocycles. The van der Waals surface area contributed by atoms with E-state index in [1.165, 1.54) is 18.1 Å². The lowest BCUT2D eigenvalue weighted by atomic mass is 10.0. The van der Waals surface area contributed by atoms with E-state index in [9.17, 15) is 9.90 Å². The largest absolute Gasteiger partial charge is 0.392 e. The highest BCUT2D eigenvalue weighted by Crippen LogP contribution is 2.39. The molecule has 8 nitrogen and oxygen atoms in total. The summed E-state index contributed by atoms with van der Waals surface area (Å²) in [6.07, 6.45) is 1.26. The highest BCUT2D eigenvalue weighted by atomic mass is 35.6. The van der Waals surface area contributed by atoms with Gasteiger partial charge in [-0.15, -0.1) is 0 Å². The van der Waals surface area contributed by atoms with Crippen LogP contribution in [0.15, 0.2) is 60.0 Å². The summed E-state index contributed by atoms with van der Waals surface area (Å²) in [6, 6.07) is 15.2. The van der Waals surface area contributed by atoms with E-state index in [0.29, 0.717) is 12.2 Å². The van der Waals surface area contributed by atoms with Crippen molar-refractivity contribution < 1.29 is 19.4 Å². The van der Waals surface area contributed by atoms with Crippen LogP contribution >= 0.6 is 46.6 Å². The van der Waals surface area contributed by atoms with Crippen LogP contribution in [0.3, 0.4) is 0 Å². The summed E-state index contributed by atoms with van der Waals surface area (Å²) >= 11 is 18.3. The van der Waals surface area contributed by atoms with E-state index in [-0.39, 0.29) is 25.4 Å². The first-order valence-corrected chi connectivity index (χ1v) is 12.9. The lowest BCUT2D eigenvalue weighted by molar-refractivity contribution is -0.245. The van der Waals surface area contributed by atoms with Gasteiger partial charge < -0.3 is 19.9 Å². The number of nitrogens with one attached hydrogen (secondary N) is 2. The van der Waals surface area contributed by atoms with Crippen molar-refractivity contribution in [1.29, 1.82) is 0 Å². The van der Waals surface area contributed by atoms with Crippen molar-refractivity contribution in [2.45, 2.75) is 47.0 Å². The number of aliphatic hydroxyl groups excluding tert-OH is 1. The number of amides is 1. The zero-order valence-electron chi connectivity index (χ0n) is 18.4. The zero-order chi connectivity index (χ0) is 24.8. The van der Waals surface area contributed by atoms with Gasteiger partial charge >= 0.3 is 0 Å². The van der Waals surface area contributed by atoms with Gasteiger partial charge in [-0.05, 0) is 16.7 Å². The predicted octanol–water partition coefficient (Wildman–Crippen LogP) is 4.62. The summed E-state index contributed by atoms with van der Waals surface area (Å²) in [7, 11) is 0. The summed E-state index contributed by atoms with van der Waals surface area (Å²) < 4.78 is 10.6. The summed E-state index contributed by atoms with van der Waals surface area (Å²) in [4.78, 5) is 15.9. The molecule has 0 aliphatic carbocycles. The minimum Gasteiger partial charge on any atom is -0.392 e. The molecule has 0 spiro atoms. The second-order valence-electron chi connectivity index (χ2n) is 7.87. The third-order valence-electron chi connectivity index (χ3n) is 5.38. The van der Waals surface area contributed by atoms with Gasteiger partial charge in [-0.3, -0.25) is 9.89 Å². The van der Waals surface area contributed by atoms with E-state index < -0.39 is 16.0 Å². The lowest BCUT2D eigenvalue weighted by Crippen LogP contribution is -2.34. The van der Waals surface area contributed by atoms with Crippen LogP contribution in [0.1, 0.15) is 41.1 Å². The smallest absolute Gasteiger partial charge is 0.272 e. The van der Waals surface area contributed by atoms with Gasteiger partial charge in [0.25, 0.3) is 9.70 Å². The van der Waals surface area contributed by atoms with Crippen molar-refractivity contribution in [3.63, 3.8) is 0 Å². The van der Waals surface area contributed by atoms with Gasteiger partial charge in [-0.25, -0.2) is 4.98 Å². The standard InChI is InChI=1S/C23H23Cl3N4O4S/c24-23(25,26)21(32)27-10-14-1-7-17(8-2-14)20-33-18(12-35-22-28-13-29-30-22)9-19(34-20)16-5-3-15(11-31)4-6-16/h1-8,13,18-20,31H,9-12H2,(H,27,32)(H,28,29,30)/t18-,19+,20+/m1/s1. The number of carbonyl (C=O) groups is 1. The fourth-order valence-electron chi connectivity index (χ4n) is 3.53. The number of benzene rings is 2. The number of hydrogen-bond acceptors (Lipinski definition) is 7. The molecule has 3 N–H and O–H groups in total. The van der Waals surface area contributed by atoms with E-state index in [2.05, 4.69) is 20.5 Å². The van der Waals surface area contributed by atoms with Crippen LogP contribution in [0.2, 0.25) is 0 Å². The van der Waals surface area contributed by atoms with Crippen LogP contribution in [0.25, 0.3) is 0 Å². The molecular weight excluding hydrogens is 535 g/mol. The van der Waals surface area contributed by atoms with Crippen LogP contribution in [0.5, 0.6) is 0 Å². The quantitative estimate of drug-likeness (QED) is 0.274. The minimum atomic E-state index is -2.01. The first-order valence-electron chi connectivity index (χ1n) is 10.7. The number of thioether (sulfide) groups is 1. The van der Waals surface area contributed by atoms with E-state index in [0.717, 1.165) is 27.4 Å². The molecule has 35 heavy (non-hydrogen) atoms. The molecule has 1 aliphatic rings. The molecule has 186 valence electrons. The van der Waals surface area contributed by atoms with Crippen LogP contribution in [-0.4, -0.2) is 41.8 Å². The van der Waals surface area contributed by atoms with Gasteiger partial charge in [0.05, 0.1) is 18.8 Å². The summed E-state index contributed by atoms with van der Waals surface area (Å²) in [6.45, 7) is 0.206. The van der Waals surface area contributed by atoms with Gasteiger partial charge in [-0.2, -0.15) is 5.10 Å². The second kappa shape index (κ2) is 11.9. The molecule has 0 bridgehead atoms. The average Bonchev–Trinajstić information content (AvgIpc) is 3.39. The molecule has 1 aromatic heterocycles. The Morgan fingerprint density at radius 2 is 1.77 bits per heavy atom. The van der Waals surface area contributed by atoms with Crippen molar-refractivity contribution in [1.82, 2.24) is 20.5 Å². The number of aliphatic hydroxyl groups is 1. The Kier molecular flexibility index (Phi) is 8.93. The fourth-order valence-corrected chi connectivity index (χ4v) is 4.53. The molecule has 0 unspecified atom stereocenters. The van der Waals surface area contributed by atoms with Crippen molar-refractivity contribution >= 4 is 52.5 Å². The van der Waals surface area contributed by atoms with Crippen molar-refractivity contribution in [3.05, 3.63) is 77.1 Å². The molecule has 0 radical (unpaired) electrons. The Bertz CT molecular complexity index is 1100. The highest BCUT2D eigenvalue weighted by Gasteiger charge is 2.33. The SMILES string of the molecule is O=C(NCc1ccc([C@H]2O[C@@H](CSc3ncn[nH]3)C[C@@H](c3ccc(CO)cc3)O2)cc1)C(Cl)(Cl)Cl. The number of ether oxygens (including phenoxy) is 2.